The normalized spacial score (nSPS) is 13.1. The summed E-state index contributed by atoms with van der Waals surface area (Å²) in [7, 11) is 1.59. The molecule has 0 bridgehead atoms. The van der Waals surface area contributed by atoms with E-state index >= 15 is 0 Å². The second-order valence-electron chi connectivity index (χ2n) is 6.98. The Morgan fingerprint density at radius 3 is 2.83 bits per heavy atom. The van der Waals surface area contributed by atoms with Crippen LogP contribution in [0.25, 0.3) is 11.4 Å². The third-order valence-electron chi connectivity index (χ3n) is 4.81. The highest BCUT2D eigenvalue weighted by Gasteiger charge is 2.15. The molecule has 2 heterocycles. The Hall–Kier alpha value is -3.33. The molecule has 2 aromatic heterocycles. The van der Waals surface area contributed by atoms with Crippen LogP contribution in [-0.4, -0.2) is 38.0 Å². The van der Waals surface area contributed by atoms with Crippen molar-refractivity contribution in [2.75, 3.05) is 12.4 Å². The highest BCUT2D eigenvalue weighted by Crippen LogP contribution is 2.19. The second kappa shape index (κ2) is 8.36. The summed E-state index contributed by atoms with van der Waals surface area (Å²) in [4.78, 5) is 28.9. The first-order valence-corrected chi connectivity index (χ1v) is 9.53. The number of rotatable bonds is 6. The van der Waals surface area contributed by atoms with Crippen molar-refractivity contribution in [2.45, 2.75) is 38.8 Å². The van der Waals surface area contributed by atoms with Crippen LogP contribution in [0.5, 0.6) is 0 Å². The van der Waals surface area contributed by atoms with E-state index in [2.05, 4.69) is 25.6 Å². The third kappa shape index (κ3) is 4.40. The molecule has 4 rings (SSSR count). The highest BCUT2D eigenvalue weighted by atomic mass is 16.5. The van der Waals surface area contributed by atoms with Gasteiger partial charge in [0.25, 0.3) is 5.56 Å². The molecule has 9 nitrogen and oxygen atoms in total. The average Bonchev–Trinajstić information content (AvgIpc) is 3.18. The molecule has 0 saturated carbocycles. The molecule has 0 atom stereocenters. The molecule has 0 saturated heterocycles. The van der Waals surface area contributed by atoms with E-state index in [-0.39, 0.29) is 18.0 Å². The van der Waals surface area contributed by atoms with E-state index in [4.69, 9.17) is 4.74 Å². The molecule has 0 radical (unpaired) electrons. The topological polar surface area (TPSA) is 115 Å². The molecule has 0 fully saturated rings. The summed E-state index contributed by atoms with van der Waals surface area (Å²) in [6.07, 6.45) is 3.88. The summed E-state index contributed by atoms with van der Waals surface area (Å²) in [6, 6.07) is 8.78. The van der Waals surface area contributed by atoms with Crippen LogP contribution in [0.4, 0.5) is 5.69 Å². The summed E-state index contributed by atoms with van der Waals surface area (Å²) in [6.45, 7) is 0.242. The number of fused-ring (bicyclic) bond motifs is 1. The standard InChI is InChI=1S/C20H22N6O3/c1-29-12-17-22-20(24-23-17)13-6-8-15(9-7-13)21-18(27)11-26-19(28)10-14-4-2-3-5-16(14)25-26/h6-10H,2-5,11-12H2,1H3,(H,21,27)(H,22,23,24). The molecule has 1 aromatic carbocycles. The lowest BCUT2D eigenvalue weighted by Gasteiger charge is -2.15. The number of aromatic amines is 1. The summed E-state index contributed by atoms with van der Waals surface area (Å²) in [5.74, 6) is 0.894. The molecule has 1 amide bonds. The summed E-state index contributed by atoms with van der Waals surface area (Å²) < 4.78 is 6.25. The minimum Gasteiger partial charge on any atom is -0.377 e. The van der Waals surface area contributed by atoms with Crippen molar-refractivity contribution in [3.05, 3.63) is 57.8 Å². The molecule has 1 aliphatic carbocycles. The van der Waals surface area contributed by atoms with Gasteiger partial charge in [0, 0.05) is 24.4 Å². The quantitative estimate of drug-likeness (QED) is 0.658. The van der Waals surface area contributed by atoms with E-state index in [1.54, 1.807) is 25.3 Å². The Balaban J connectivity index is 1.41. The monoisotopic (exact) mass is 394 g/mol. The van der Waals surface area contributed by atoms with Gasteiger partial charge in [-0.1, -0.05) is 0 Å². The number of carbonyl (C=O) groups is 1. The van der Waals surface area contributed by atoms with E-state index in [9.17, 15) is 9.59 Å². The predicted molar refractivity (Wildman–Crippen MR) is 106 cm³/mol. The number of amides is 1. The first-order chi connectivity index (χ1) is 14.1. The van der Waals surface area contributed by atoms with E-state index in [0.717, 1.165) is 42.5 Å². The zero-order valence-corrected chi connectivity index (χ0v) is 16.1. The lowest BCUT2D eigenvalue weighted by Crippen LogP contribution is -2.31. The van der Waals surface area contributed by atoms with Gasteiger partial charge in [-0.15, -0.1) is 0 Å². The summed E-state index contributed by atoms with van der Waals surface area (Å²) in [5, 5.41) is 14.1. The molecular formula is C20H22N6O3. The van der Waals surface area contributed by atoms with Crippen LogP contribution in [0.3, 0.4) is 0 Å². The van der Waals surface area contributed by atoms with Gasteiger partial charge < -0.3 is 10.1 Å². The lowest BCUT2D eigenvalue weighted by atomic mass is 9.97. The first-order valence-electron chi connectivity index (χ1n) is 9.53. The maximum atomic E-state index is 12.4. The Labute approximate surface area is 167 Å². The maximum absolute atomic E-state index is 12.4. The van der Waals surface area contributed by atoms with E-state index in [1.165, 1.54) is 4.68 Å². The van der Waals surface area contributed by atoms with Crippen LogP contribution < -0.4 is 10.9 Å². The molecule has 2 N–H and O–H groups in total. The lowest BCUT2D eigenvalue weighted by molar-refractivity contribution is -0.117. The highest BCUT2D eigenvalue weighted by molar-refractivity contribution is 5.90. The smallest absolute Gasteiger partial charge is 0.267 e. The van der Waals surface area contributed by atoms with Gasteiger partial charge in [0.1, 0.15) is 13.2 Å². The van der Waals surface area contributed by atoms with Crippen LogP contribution in [0.2, 0.25) is 0 Å². The van der Waals surface area contributed by atoms with Gasteiger partial charge in [-0.2, -0.15) is 10.2 Å². The average molecular weight is 394 g/mol. The van der Waals surface area contributed by atoms with Crippen molar-refractivity contribution in [3.63, 3.8) is 0 Å². The van der Waals surface area contributed by atoms with Gasteiger partial charge in [0.15, 0.2) is 11.6 Å². The number of nitrogens with one attached hydrogen (secondary N) is 2. The van der Waals surface area contributed by atoms with E-state index in [1.807, 2.05) is 12.1 Å². The van der Waals surface area contributed by atoms with Gasteiger partial charge in [-0.05, 0) is 55.5 Å². The Morgan fingerprint density at radius 2 is 2.03 bits per heavy atom. The molecule has 0 aliphatic heterocycles. The minimum absolute atomic E-state index is 0.116. The maximum Gasteiger partial charge on any atom is 0.267 e. The first kappa shape index (κ1) is 19.0. The second-order valence-corrected chi connectivity index (χ2v) is 6.98. The summed E-state index contributed by atoms with van der Waals surface area (Å²) >= 11 is 0. The fourth-order valence-electron chi connectivity index (χ4n) is 3.38. The summed E-state index contributed by atoms with van der Waals surface area (Å²) in [5.41, 5.74) is 3.13. The van der Waals surface area contributed by atoms with Gasteiger partial charge in [-0.3, -0.25) is 14.7 Å². The number of hydrogen-bond acceptors (Lipinski definition) is 6. The SMILES string of the molecule is COCc1nc(-c2ccc(NC(=O)Cn3nc4c(cc3=O)CCCC4)cc2)n[nH]1. The molecule has 3 aromatic rings. The number of benzene rings is 1. The number of H-pyrrole nitrogens is 1. The number of aryl methyl sites for hydroxylation is 2. The molecule has 0 spiro atoms. The molecular weight excluding hydrogens is 372 g/mol. The van der Waals surface area contributed by atoms with Crippen molar-refractivity contribution in [1.29, 1.82) is 0 Å². The van der Waals surface area contributed by atoms with Crippen LogP contribution in [0, 0.1) is 0 Å². The number of carbonyl (C=O) groups excluding carboxylic acids is 1. The zero-order valence-electron chi connectivity index (χ0n) is 16.1. The minimum atomic E-state index is -0.302. The van der Waals surface area contributed by atoms with Crippen LogP contribution in [0.1, 0.15) is 29.9 Å². The van der Waals surface area contributed by atoms with Gasteiger partial charge >= 0.3 is 0 Å². The van der Waals surface area contributed by atoms with Crippen LogP contribution >= 0.6 is 0 Å². The molecule has 1 aliphatic rings. The van der Waals surface area contributed by atoms with Crippen molar-refractivity contribution in [1.82, 2.24) is 25.0 Å². The van der Waals surface area contributed by atoms with Crippen molar-refractivity contribution in [2.24, 2.45) is 0 Å². The Kier molecular flexibility index (Phi) is 5.48. The molecule has 150 valence electrons. The Bertz CT molecular complexity index is 1070. The molecule has 9 heteroatoms. The number of aromatic nitrogens is 5. The van der Waals surface area contributed by atoms with Gasteiger partial charge in [0.05, 0.1) is 5.69 Å². The van der Waals surface area contributed by atoms with Crippen molar-refractivity contribution >= 4 is 11.6 Å². The number of methoxy groups -OCH3 is 1. The van der Waals surface area contributed by atoms with E-state index in [0.29, 0.717) is 23.9 Å². The molecule has 0 unspecified atom stereocenters. The van der Waals surface area contributed by atoms with Crippen LogP contribution in [-0.2, 0) is 35.5 Å². The number of nitrogens with zero attached hydrogens (tertiary/aromatic N) is 4. The van der Waals surface area contributed by atoms with Crippen LogP contribution in [0.15, 0.2) is 35.1 Å². The number of ether oxygens (including phenoxy) is 1. The van der Waals surface area contributed by atoms with E-state index < -0.39 is 0 Å². The largest absolute Gasteiger partial charge is 0.377 e. The fraction of sp³-hybridized carbons (Fsp3) is 0.350. The fourth-order valence-corrected chi connectivity index (χ4v) is 3.38. The predicted octanol–water partition coefficient (Wildman–Crippen LogP) is 1.69. The third-order valence-corrected chi connectivity index (χ3v) is 4.81. The molecule has 29 heavy (non-hydrogen) atoms. The zero-order chi connectivity index (χ0) is 20.2. The van der Waals surface area contributed by atoms with Crippen molar-refractivity contribution < 1.29 is 9.53 Å². The van der Waals surface area contributed by atoms with Gasteiger partial charge in [-0.25, -0.2) is 9.67 Å². The van der Waals surface area contributed by atoms with Gasteiger partial charge in [0.2, 0.25) is 5.91 Å². The number of hydrogen-bond donors (Lipinski definition) is 2. The van der Waals surface area contributed by atoms with Crippen molar-refractivity contribution in [3.8, 4) is 11.4 Å². The number of anilines is 1. The Morgan fingerprint density at radius 1 is 1.24 bits per heavy atom.